The zero-order valence-corrected chi connectivity index (χ0v) is 12.4. The average Bonchev–Trinajstić information content (AvgIpc) is 2.69. The molecule has 0 saturated carbocycles. The van der Waals surface area contributed by atoms with Crippen LogP contribution in [0.5, 0.6) is 0 Å². The molecule has 0 aromatic carbocycles. The Bertz CT molecular complexity index is 427. The summed E-state index contributed by atoms with van der Waals surface area (Å²) in [6.45, 7) is -0.211. The number of carbonyl (C=O) groups is 2. The van der Waals surface area contributed by atoms with E-state index in [1.54, 1.807) is 0 Å². The van der Waals surface area contributed by atoms with Crippen molar-refractivity contribution >= 4 is 11.9 Å². The first-order valence-corrected chi connectivity index (χ1v) is 6.44. The molecule has 1 aliphatic rings. The molecule has 1 saturated heterocycles. The second kappa shape index (κ2) is 7.90. The van der Waals surface area contributed by atoms with Gasteiger partial charge in [-0.1, -0.05) is 0 Å². The lowest BCUT2D eigenvalue weighted by Crippen LogP contribution is -2.49. The quantitative estimate of drug-likeness (QED) is 0.366. The second-order valence-corrected chi connectivity index (χ2v) is 4.85. The van der Waals surface area contributed by atoms with Crippen LogP contribution < -0.4 is 0 Å². The fourth-order valence-electron chi connectivity index (χ4n) is 1.60. The summed E-state index contributed by atoms with van der Waals surface area (Å²) in [7, 11) is 1.37. The molecule has 0 spiro atoms. The lowest BCUT2D eigenvalue weighted by molar-refractivity contribution is -0.254. The Balaban J connectivity index is 2.64. The number of rotatable bonds is 8. The minimum absolute atomic E-state index is 0.0328. The van der Waals surface area contributed by atoms with E-state index in [1.807, 2.05) is 0 Å². The van der Waals surface area contributed by atoms with Gasteiger partial charge in [0, 0.05) is 7.11 Å². The van der Waals surface area contributed by atoms with Crippen molar-refractivity contribution in [2.75, 3.05) is 33.7 Å². The van der Waals surface area contributed by atoms with Crippen molar-refractivity contribution in [3.05, 3.63) is 0 Å². The van der Waals surface area contributed by atoms with Crippen molar-refractivity contribution in [2.24, 2.45) is 0 Å². The van der Waals surface area contributed by atoms with Crippen molar-refractivity contribution < 1.29 is 51.6 Å². The number of aliphatic hydroxyl groups is 1. The van der Waals surface area contributed by atoms with Gasteiger partial charge in [-0.3, -0.25) is 0 Å². The van der Waals surface area contributed by atoms with Crippen LogP contribution in [0.15, 0.2) is 0 Å². The van der Waals surface area contributed by atoms with Gasteiger partial charge >= 0.3 is 18.1 Å². The molecule has 0 aliphatic carbocycles. The van der Waals surface area contributed by atoms with Crippen molar-refractivity contribution in [1.82, 2.24) is 0 Å². The largest absolute Gasteiger partial charge is 0.459 e. The van der Waals surface area contributed by atoms with Gasteiger partial charge in [-0.25, -0.2) is 9.59 Å². The molecular weight excluding hydrogens is 329 g/mol. The molecule has 2 unspecified atom stereocenters. The summed E-state index contributed by atoms with van der Waals surface area (Å²) in [4.78, 5) is 22.8. The zero-order chi connectivity index (χ0) is 17.7. The van der Waals surface area contributed by atoms with E-state index in [2.05, 4.69) is 18.9 Å². The molecule has 0 bridgehead atoms. The van der Waals surface area contributed by atoms with E-state index < -0.39 is 49.3 Å². The summed E-state index contributed by atoms with van der Waals surface area (Å²) in [5.41, 5.74) is -1.92. The molecule has 0 aromatic rings. The van der Waals surface area contributed by atoms with E-state index in [0.29, 0.717) is 0 Å². The zero-order valence-electron chi connectivity index (χ0n) is 12.4. The number of aliphatic hydroxyl groups excluding tert-OH is 1. The van der Waals surface area contributed by atoms with E-state index in [4.69, 9.17) is 4.74 Å². The van der Waals surface area contributed by atoms with Crippen LogP contribution in [0, 0.1) is 0 Å². The smallest absolute Gasteiger partial charge is 0.425 e. The molecule has 1 fully saturated rings. The molecule has 0 aromatic heterocycles. The number of esters is 2. The van der Waals surface area contributed by atoms with Crippen LogP contribution in [0.3, 0.4) is 0 Å². The Hall–Kier alpha value is -1.43. The number of hydrogen-bond donors (Lipinski definition) is 1. The number of alkyl halides is 3. The molecule has 0 radical (unpaired) electrons. The molecule has 11 heteroatoms. The Kier molecular flexibility index (Phi) is 6.74. The lowest BCUT2D eigenvalue weighted by atomic mass is 10.0. The molecule has 0 amide bonds. The number of carbonyl (C=O) groups excluding carboxylic acids is 2. The SMILES string of the molecule is COCCOCO[C@@H](C(=O)OC1(C)COC(=O)C1O)C(F)(F)F. The molecule has 1 N–H and O–H groups in total. The maximum absolute atomic E-state index is 12.9. The van der Waals surface area contributed by atoms with Crippen molar-refractivity contribution in [3.63, 3.8) is 0 Å². The first kappa shape index (κ1) is 19.6. The highest BCUT2D eigenvalue weighted by atomic mass is 19.4. The summed E-state index contributed by atoms with van der Waals surface area (Å²) in [6, 6.07) is 0. The molecule has 1 heterocycles. The average molecular weight is 346 g/mol. The van der Waals surface area contributed by atoms with Crippen LogP contribution in [-0.4, -0.2) is 74.8 Å². The summed E-state index contributed by atoms with van der Waals surface area (Å²) >= 11 is 0. The first-order chi connectivity index (χ1) is 10.6. The highest BCUT2D eigenvalue weighted by molar-refractivity contribution is 5.81. The number of ether oxygens (including phenoxy) is 5. The lowest BCUT2D eigenvalue weighted by Gasteiger charge is -2.27. The van der Waals surface area contributed by atoms with Crippen LogP contribution >= 0.6 is 0 Å². The number of methoxy groups -OCH3 is 1. The minimum atomic E-state index is -5.06. The molecule has 134 valence electrons. The summed E-state index contributed by atoms with van der Waals surface area (Å²) in [6.07, 6.45) is -9.87. The van der Waals surface area contributed by atoms with E-state index in [9.17, 15) is 27.9 Å². The fourth-order valence-corrected chi connectivity index (χ4v) is 1.60. The highest BCUT2D eigenvalue weighted by Crippen LogP contribution is 2.29. The first-order valence-electron chi connectivity index (χ1n) is 6.44. The number of halogens is 3. The minimum Gasteiger partial charge on any atom is -0.459 e. The van der Waals surface area contributed by atoms with E-state index in [-0.39, 0.29) is 13.2 Å². The van der Waals surface area contributed by atoms with Crippen LogP contribution in [0.4, 0.5) is 13.2 Å². The maximum Gasteiger partial charge on any atom is 0.425 e. The Labute approximate surface area is 129 Å². The highest BCUT2D eigenvalue weighted by Gasteiger charge is 2.54. The molecule has 8 nitrogen and oxygen atoms in total. The van der Waals surface area contributed by atoms with Gasteiger partial charge in [-0.05, 0) is 6.92 Å². The predicted molar refractivity (Wildman–Crippen MR) is 65.1 cm³/mol. The van der Waals surface area contributed by atoms with Gasteiger partial charge in [0.25, 0.3) is 6.10 Å². The number of cyclic esters (lactones) is 1. The van der Waals surface area contributed by atoms with Gasteiger partial charge in [0.05, 0.1) is 13.2 Å². The normalized spacial score (nSPS) is 26.0. The van der Waals surface area contributed by atoms with E-state index in [0.717, 1.165) is 6.92 Å². The van der Waals surface area contributed by atoms with Gasteiger partial charge < -0.3 is 28.8 Å². The Morgan fingerprint density at radius 1 is 1.48 bits per heavy atom. The van der Waals surface area contributed by atoms with Gasteiger partial charge in [0.2, 0.25) is 0 Å². The summed E-state index contributed by atoms with van der Waals surface area (Å²) in [5, 5.41) is 9.51. The maximum atomic E-state index is 12.9. The van der Waals surface area contributed by atoms with Crippen LogP contribution in [-0.2, 0) is 33.3 Å². The topological polar surface area (TPSA) is 101 Å². The monoisotopic (exact) mass is 346 g/mol. The molecule has 1 rings (SSSR count). The van der Waals surface area contributed by atoms with Gasteiger partial charge in [-0.2, -0.15) is 13.2 Å². The van der Waals surface area contributed by atoms with Crippen LogP contribution in [0.1, 0.15) is 6.92 Å². The molecule has 1 aliphatic heterocycles. The number of hydrogen-bond acceptors (Lipinski definition) is 8. The Morgan fingerprint density at radius 2 is 2.13 bits per heavy atom. The second-order valence-electron chi connectivity index (χ2n) is 4.85. The fraction of sp³-hybridized carbons (Fsp3) is 0.833. The third kappa shape index (κ3) is 5.30. The van der Waals surface area contributed by atoms with E-state index >= 15 is 0 Å². The predicted octanol–water partition coefficient (Wildman–Crippen LogP) is -0.226. The van der Waals surface area contributed by atoms with Gasteiger partial charge in [0.1, 0.15) is 13.4 Å². The van der Waals surface area contributed by atoms with E-state index in [1.165, 1.54) is 7.11 Å². The standard InChI is InChI=1S/C12H17F3O8/c1-11(5-21-9(17)7(11)16)23-10(18)8(12(13,14)15)22-6-20-4-3-19-2/h7-8,16H,3-6H2,1-2H3/t7?,8-,11?/m0/s1. The molecule has 23 heavy (non-hydrogen) atoms. The van der Waals surface area contributed by atoms with Crippen molar-refractivity contribution in [2.45, 2.75) is 30.9 Å². The van der Waals surface area contributed by atoms with Crippen molar-refractivity contribution in [3.8, 4) is 0 Å². The molecule has 3 atom stereocenters. The van der Waals surface area contributed by atoms with Crippen LogP contribution in [0.2, 0.25) is 0 Å². The molecular formula is C12H17F3O8. The van der Waals surface area contributed by atoms with Crippen LogP contribution in [0.25, 0.3) is 0 Å². The van der Waals surface area contributed by atoms with Gasteiger partial charge in [-0.15, -0.1) is 0 Å². The summed E-state index contributed by atoms with van der Waals surface area (Å²) < 4.78 is 61.3. The third-order valence-corrected chi connectivity index (χ3v) is 2.90. The Morgan fingerprint density at radius 3 is 2.61 bits per heavy atom. The van der Waals surface area contributed by atoms with Crippen molar-refractivity contribution in [1.29, 1.82) is 0 Å². The van der Waals surface area contributed by atoms with Gasteiger partial charge in [0.15, 0.2) is 11.7 Å². The summed E-state index contributed by atoms with van der Waals surface area (Å²) in [5.74, 6) is -2.90. The third-order valence-electron chi connectivity index (χ3n) is 2.90.